The Balaban J connectivity index is 2.73. The number of benzene rings is 1. The predicted octanol–water partition coefficient (Wildman–Crippen LogP) is 1.11. The van der Waals surface area contributed by atoms with Crippen LogP contribution in [-0.4, -0.2) is 27.1 Å². The van der Waals surface area contributed by atoms with E-state index in [0.717, 1.165) is 5.56 Å². The minimum atomic E-state index is -1.72. The number of hydrogen-bond acceptors (Lipinski definition) is 4. The second kappa shape index (κ2) is 5.60. The molecule has 0 aliphatic rings. The number of nitrogens with zero attached hydrogens (tertiary/aromatic N) is 2. The molecule has 0 radical (unpaired) electrons. The molecule has 0 atom stereocenters. The van der Waals surface area contributed by atoms with Crippen LogP contribution in [0, 0.1) is 0 Å². The second-order valence-electron chi connectivity index (χ2n) is 3.88. The molecule has 0 spiro atoms. The second-order valence-corrected chi connectivity index (χ2v) is 3.88. The van der Waals surface area contributed by atoms with E-state index < -0.39 is 7.12 Å². The highest BCUT2D eigenvalue weighted by Gasteiger charge is 2.19. The minimum Gasteiger partial charge on any atom is -0.421 e. The summed E-state index contributed by atoms with van der Waals surface area (Å²) in [7, 11) is -1.72. The first-order chi connectivity index (χ1) is 9.17. The lowest BCUT2D eigenvalue weighted by Gasteiger charge is -2.10. The molecule has 1 aromatic carbocycles. The molecule has 0 amide bonds. The summed E-state index contributed by atoms with van der Waals surface area (Å²) >= 11 is 0. The molecule has 4 nitrogen and oxygen atoms in total. The average molecular weight is 252 g/mol. The molecule has 0 saturated carbocycles. The lowest BCUT2D eigenvalue weighted by atomic mass is 9.89. The average Bonchev–Trinajstić information content (AvgIpc) is 2.46. The van der Waals surface area contributed by atoms with Gasteiger partial charge in [-0.3, -0.25) is 0 Å². The van der Waals surface area contributed by atoms with E-state index >= 15 is 0 Å². The summed E-state index contributed by atoms with van der Waals surface area (Å²) in [6.07, 6.45) is 3.17. The Morgan fingerprint density at radius 1 is 1.00 bits per heavy atom. The van der Waals surface area contributed by atoms with E-state index in [-0.39, 0.29) is 5.72 Å². The van der Waals surface area contributed by atoms with Crippen molar-refractivity contribution in [2.75, 3.05) is 0 Å². The Hall–Kier alpha value is -2.24. The van der Waals surface area contributed by atoms with Gasteiger partial charge < -0.3 is 10.0 Å². The molecule has 0 unspecified atom stereocenters. The van der Waals surface area contributed by atoms with Crippen molar-refractivity contribution in [3.63, 3.8) is 0 Å². The van der Waals surface area contributed by atoms with Gasteiger partial charge >= 0.3 is 7.12 Å². The normalized spacial score (nSPS) is 10.0. The summed E-state index contributed by atoms with van der Waals surface area (Å²) in [6.45, 7) is 7.42. The fraction of sp³-hybridized carbons (Fsp3) is 0. The van der Waals surface area contributed by atoms with Gasteiger partial charge in [0.2, 0.25) is 0 Å². The molecule has 2 rings (SSSR count). The van der Waals surface area contributed by atoms with E-state index in [1.165, 1.54) is 6.08 Å². The third kappa shape index (κ3) is 2.62. The molecule has 0 aliphatic heterocycles. The summed E-state index contributed by atoms with van der Waals surface area (Å²) in [5.74, 6) is 0. The van der Waals surface area contributed by atoms with Gasteiger partial charge in [-0.25, -0.2) is 9.97 Å². The van der Waals surface area contributed by atoms with Crippen LogP contribution in [0.4, 0.5) is 0 Å². The standard InChI is InChI=1S/C14H13BN2O2/c1-3-11-12(4-2)16-14(15(18)19)17-13(11)10-8-6-5-7-9-10/h3-9,18-19H,1-2H2. The zero-order valence-electron chi connectivity index (χ0n) is 10.3. The van der Waals surface area contributed by atoms with Gasteiger partial charge in [0.15, 0.2) is 5.72 Å². The molecular weight excluding hydrogens is 239 g/mol. The summed E-state index contributed by atoms with van der Waals surface area (Å²) < 4.78 is 0. The molecule has 0 saturated heterocycles. The molecule has 0 fully saturated rings. The molecule has 5 heteroatoms. The van der Waals surface area contributed by atoms with Gasteiger partial charge in [-0.15, -0.1) is 0 Å². The highest BCUT2D eigenvalue weighted by molar-refractivity contribution is 6.56. The van der Waals surface area contributed by atoms with Gasteiger partial charge in [-0.2, -0.15) is 0 Å². The van der Waals surface area contributed by atoms with E-state index in [1.54, 1.807) is 6.08 Å². The maximum atomic E-state index is 9.25. The fourth-order valence-corrected chi connectivity index (χ4v) is 1.79. The largest absolute Gasteiger partial charge is 0.528 e. The Morgan fingerprint density at radius 3 is 2.21 bits per heavy atom. The monoisotopic (exact) mass is 252 g/mol. The highest BCUT2D eigenvalue weighted by Crippen LogP contribution is 2.23. The third-order valence-electron chi connectivity index (χ3n) is 2.67. The molecule has 2 aromatic rings. The van der Waals surface area contributed by atoms with Gasteiger partial charge in [0.25, 0.3) is 0 Å². The highest BCUT2D eigenvalue weighted by atomic mass is 16.4. The van der Waals surface area contributed by atoms with Crippen LogP contribution < -0.4 is 5.72 Å². The molecular formula is C14H13BN2O2. The minimum absolute atomic E-state index is 0.0562. The number of hydrogen-bond donors (Lipinski definition) is 2. The number of aromatic nitrogens is 2. The van der Waals surface area contributed by atoms with Gasteiger partial charge in [0.05, 0.1) is 11.4 Å². The summed E-state index contributed by atoms with van der Waals surface area (Å²) in [5, 5.41) is 18.5. The molecule has 2 N–H and O–H groups in total. The van der Waals surface area contributed by atoms with E-state index in [1.807, 2.05) is 30.3 Å². The lowest BCUT2D eigenvalue weighted by molar-refractivity contribution is 0.422. The Labute approximate surface area is 111 Å². The quantitative estimate of drug-likeness (QED) is 0.800. The van der Waals surface area contributed by atoms with Crippen molar-refractivity contribution in [2.24, 2.45) is 0 Å². The van der Waals surface area contributed by atoms with E-state index in [9.17, 15) is 10.0 Å². The van der Waals surface area contributed by atoms with Crippen molar-refractivity contribution in [1.29, 1.82) is 0 Å². The summed E-state index contributed by atoms with van der Waals surface area (Å²) in [4.78, 5) is 8.24. The maximum absolute atomic E-state index is 9.25. The van der Waals surface area contributed by atoms with Gasteiger partial charge in [0.1, 0.15) is 0 Å². The maximum Gasteiger partial charge on any atom is 0.528 e. The van der Waals surface area contributed by atoms with Crippen molar-refractivity contribution in [2.45, 2.75) is 0 Å². The van der Waals surface area contributed by atoms with Crippen LogP contribution >= 0.6 is 0 Å². The molecule has 1 heterocycles. The molecule has 0 aliphatic carbocycles. The zero-order valence-corrected chi connectivity index (χ0v) is 10.3. The topological polar surface area (TPSA) is 66.2 Å². The Kier molecular flexibility index (Phi) is 3.89. The predicted molar refractivity (Wildman–Crippen MR) is 77.5 cm³/mol. The zero-order chi connectivity index (χ0) is 13.8. The van der Waals surface area contributed by atoms with Gasteiger partial charge in [0, 0.05) is 11.1 Å². The van der Waals surface area contributed by atoms with Crippen LogP contribution in [0.5, 0.6) is 0 Å². The molecule has 19 heavy (non-hydrogen) atoms. The fourth-order valence-electron chi connectivity index (χ4n) is 1.79. The molecule has 94 valence electrons. The van der Waals surface area contributed by atoms with Crippen LogP contribution in [0.3, 0.4) is 0 Å². The van der Waals surface area contributed by atoms with Gasteiger partial charge in [-0.05, 0) is 6.08 Å². The molecule has 1 aromatic heterocycles. The first-order valence-corrected chi connectivity index (χ1v) is 5.75. The van der Waals surface area contributed by atoms with Crippen LogP contribution in [0.15, 0.2) is 43.5 Å². The summed E-state index contributed by atoms with van der Waals surface area (Å²) in [6, 6.07) is 9.43. The summed E-state index contributed by atoms with van der Waals surface area (Å²) in [5.41, 5.74) is 2.63. The first kappa shape index (κ1) is 13.2. The van der Waals surface area contributed by atoms with Crippen LogP contribution in [0.25, 0.3) is 23.4 Å². The van der Waals surface area contributed by atoms with Crippen molar-refractivity contribution in [3.05, 3.63) is 54.7 Å². The van der Waals surface area contributed by atoms with Crippen LogP contribution in [-0.2, 0) is 0 Å². The first-order valence-electron chi connectivity index (χ1n) is 5.75. The third-order valence-corrected chi connectivity index (χ3v) is 2.67. The lowest BCUT2D eigenvalue weighted by Crippen LogP contribution is -2.36. The van der Waals surface area contributed by atoms with Crippen molar-refractivity contribution >= 4 is 25.0 Å². The SMILES string of the molecule is C=Cc1nc(B(O)O)nc(-c2ccccc2)c1C=C. The van der Waals surface area contributed by atoms with Crippen molar-refractivity contribution in [1.82, 2.24) is 9.97 Å². The smallest absolute Gasteiger partial charge is 0.421 e. The molecule has 0 bridgehead atoms. The van der Waals surface area contributed by atoms with Crippen molar-refractivity contribution < 1.29 is 10.0 Å². The number of rotatable bonds is 4. The van der Waals surface area contributed by atoms with E-state index in [2.05, 4.69) is 23.1 Å². The van der Waals surface area contributed by atoms with Crippen LogP contribution in [0.2, 0.25) is 0 Å². The van der Waals surface area contributed by atoms with E-state index in [4.69, 9.17) is 0 Å². The van der Waals surface area contributed by atoms with Crippen molar-refractivity contribution in [3.8, 4) is 11.3 Å². The van der Waals surface area contributed by atoms with Gasteiger partial charge in [-0.1, -0.05) is 49.6 Å². The van der Waals surface area contributed by atoms with Crippen LogP contribution in [0.1, 0.15) is 11.3 Å². The van der Waals surface area contributed by atoms with E-state index in [0.29, 0.717) is 17.0 Å². The Morgan fingerprint density at radius 2 is 1.68 bits per heavy atom. The Bertz CT molecular complexity index is 612.